The minimum absolute atomic E-state index is 0.0148. The quantitative estimate of drug-likeness (QED) is 0.743. The largest absolute Gasteiger partial charge is 0.323 e. The molecule has 2 unspecified atom stereocenters. The van der Waals surface area contributed by atoms with E-state index >= 15 is 0 Å². The molecule has 0 aliphatic heterocycles. The third-order valence-electron chi connectivity index (χ3n) is 4.33. The molecule has 3 aromatic rings. The normalized spacial score (nSPS) is 14.9. The molecule has 2 nitrogen and oxygen atoms in total. The van der Waals surface area contributed by atoms with Crippen LogP contribution >= 0.6 is 0 Å². The standard InChI is InChI=1S/C21H22N2/c22-20(17-12-6-2-7-13-17)19(16-10-4-1-5-11-16)21(23)18-14-8-3-9-15-18/h1-15,19-21H,22-23H2. The van der Waals surface area contributed by atoms with Crippen LogP contribution in [0, 0.1) is 0 Å². The molecular formula is C21H22N2. The lowest BCUT2D eigenvalue weighted by Gasteiger charge is -2.30. The van der Waals surface area contributed by atoms with Crippen LogP contribution in [0.2, 0.25) is 0 Å². The zero-order valence-electron chi connectivity index (χ0n) is 13.0. The third kappa shape index (κ3) is 3.50. The first-order valence-corrected chi connectivity index (χ1v) is 7.93. The summed E-state index contributed by atoms with van der Waals surface area (Å²) in [7, 11) is 0. The fourth-order valence-electron chi connectivity index (χ4n) is 3.08. The molecule has 116 valence electrons. The minimum atomic E-state index is -0.159. The Hall–Kier alpha value is -2.42. The van der Waals surface area contributed by atoms with Gasteiger partial charge in [0.25, 0.3) is 0 Å². The summed E-state index contributed by atoms with van der Waals surface area (Å²) in [6, 6.07) is 30.4. The van der Waals surface area contributed by atoms with Crippen LogP contribution < -0.4 is 11.5 Å². The van der Waals surface area contributed by atoms with Crippen molar-refractivity contribution in [1.82, 2.24) is 0 Å². The number of hydrogen-bond donors (Lipinski definition) is 2. The van der Waals surface area contributed by atoms with Gasteiger partial charge in [-0.3, -0.25) is 0 Å². The maximum absolute atomic E-state index is 6.63. The van der Waals surface area contributed by atoms with Gasteiger partial charge in [-0.2, -0.15) is 0 Å². The molecule has 4 N–H and O–H groups in total. The maximum Gasteiger partial charge on any atom is 0.0382 e. The maximum atomic E-state index is 6.63. The summed E-state index contributed by atoms with van der Waals surface area (Å²) in [6.07, 6.45) is 0. The average Bonchev–Trinajstić information content (AvgIpc) is 2.64. The van der Waals surface area contributed by atoms with Crippen molar-refractivity contribution in [3.8, 4) is 0 Å². The molecular weight excluding hydrogens is 280 g/mol. The van der Waals surface area contributed by atoms with E-state index in [4.69, 9.17) is 11.5 Å². The van der Waals surface area contributed by atoms with Crippen molar-refractivity contribution in [3.05, 3.63) is 108 Å². The van der Waals surface area contributed by atoms with Gasteiger partial charge in [0, 0.05) is 18.0 Å². The molecule has 0 spiro atoms. The molecule has 0 saturated heterocycles. The van der Waals surface area contributed by atoms with Crippen molar-refractivity contribution in [2.75, 3.05) is 0 Å². The molecule has 2 heteroatoms. The van der Waals surface area contributed by atoms with Crippen molar-refractivity contribution in [1.29, 1.82) is 0 Å². The topological polar surface area (TPSA) is 52.0 Å². The highest BCUT2D eigenvalue weighted by atomic mass is 14.7. The molecule has 0 heterocycles. The first-order valence-electron chi connectivity index (χ1n) is 7.93. The van der Waals surface area contributed by atoms with E-state index in [1.165, 1.54) is 5.56 Å². The van der Waals surface area contributed by atoms with Crippen LogP contribution in [0.15, 0.2) is 91.0 Å². The van der Waals surface area contributed by atoms with Crippen molar-refractivity contribution in [3.63, 3.8) is 0 Å². The van der Waals surface area contributed by atoms with Crippen LogP contribution in [0.3, 0.4) is 0 Å². The SMILES string of the molecule is NC(c1ccccc1)C(c1ccccc1)C(N)c1ccccc1. The van der Waals surface area contributed by atoms with E-state index in [1.54, 1.807) is 0 Å². The molecule has 0 aliphatic rings. The Morgan fingerprint density at radius 1 is 0.435 bits per heavy atom. The van der Waals surface area contributed by atoms with E-state index in [2.05, 4.69) is 36.4 Å². The first kappa shape index (κ1) is 15.5. The second-order valence-electron chi connectivity index (χ2n) is 5.81. The van der Waals surface area contributed by atoms with E-state index in [-0.39, 0.29) is 18.0 Å². The predicted octanol–water partition coefficient (Wildman–Crippen LogP) is 4.17. The fourth-order valence-corrected chi connectivity index (χ4v) is 3.08. The minimum Gasteiger partial charge on any atom is -0.323 e. The summed E-state index contributed by atoms with van der Waals surface area (Å²) in [5.74, 6) is 0.0148. The second-order valence-corrected chi connectivity index (χ2v) is 5.81. The van der Waals surface area contributed by atoms with Crippen molar-refractivity contribution < 1.29 is 0 Å². The lowest BCUT2D eigenvalue weighted by atomic mass is 9.80. The smallest absolute Gasteiger partial charge is 0.0382 e. The van der Waals surface area contributed by atoms with E-state index in [9.17, 15) is 0 Å². The second kappa shape index (κ2) is 7.23. The van der Waals surface area contributed by atoms with Crippen LogP contribution in [0.25, 0.3) is 0 Å². The van der Waals surface area contributed by atoms with Crippen molar-refractivity contribution >= 4 is 0 Å². The van der Waals surface area contributed by atoms with Gasteiger partial charge in [-0.05, 0) is 16.7 Å². The van der Waals surface area contributed by atoms with Gasteiger partial charge in [0.2, 0.25) is 0 Å². The molecule has 0 radical (unpaired) electrons. The highest BCUT2D eigenvalue weighted by Crippen LogP contribution is 2.37. The molecule has 0 amide bonds. The van der Waals surface area contributed by atoms with Crippen LogP contribution in [-0.2, 0) is 0 Å². The van der Waals surface area contributed by atoms with Crippen molar-refractivity contribution in [2.45, 2.75) is 18.0 Å². The number of nitrogens with two attached hydrogens (primary N) is 2. The summed E-state index contributed by atoms with van der Waals surface area (Å²) < 4.78 is 0. The van der Waals surface area contributed by atoms with Gasteiger partial charge in [-0.25, -0.2) is 0 Å². The van der Waals surface area contributed by atoms with E-state index < -0.39 is 0 Å². The predicted molar refractivity (Wildman–Crippen MR) is 95.9 cm³/mol. The van der Waals surface area contributed by atoms with Gasteiger partial charge in [0.1, 0.15) is 0 Å². The Morgan fingerprint density at radius 2 is 0.739 bits per heavy atom. The van der Waals surface area contributed by atoms with Crippen molar-refractivity contribution in [2.24, 2.45) is 11.5 Å². The lowest BCUT2D eigenvalue weighted by molar-refractivity contribution is 0.468. The molecule has 0 bridgehead atoms. The zero-order valence-corrected chi connectivity index (χ0v) is 13.0. The van der Waals surface area contributed by atoms with Crippen LogP contribution in [0.4, 0.5) is 0 Å². The third-order valence-corrected chi connectivity index (χ3v) is 4.33. The molecule has 3 aromatic carbocycles. The van der Waals surface area contributed by atoms with Gasteiger partial charge in [0.15, 0.2) is 0 Å². The summed E-state index contributed by atoms with van der Waals surface area (Å²) in [5.41, 5.74) is 16.6. The molecule has 2 atom stereocenters. The van der Waals surface area contributed by atoms with Gasteiger partial charge in [-0.15, -0.1) is 0 Å². The van der Waals surface area contributed by atoms with E-state index in [0.29, 0.717) is 0 Å². The summed E-state index contributed by atoms with van der Waals surface area (Å²) in [6.45, 7) is 0. The lowest BCUT2D eigenvalue weighted by Crippen LogP contribution is -2.29. The van der Waals surface area contributed by atoms with E-state index in [0.717, 1.165) is 11.1 Å². The van der Waals surface area contributed by atoms with Crippen LogP contribution in [-0.4, -0.2) is 0 Å². The van der Waals surface area contributed by atoms with Crippen LogP contribution in [0.1, 0.15) is 34.7 Å². The Bertz CT molecular complexity index is 665. The Kier molecular flexibility index (Phi) is 4.86. The molecule has 0 aliphatic carbocycles. The summed E-state index contributed by atoms with van der Waals surface area (Å²) in [5, 5.41) is 0. The molecule has 0 fully saturated rings. The fraction of sp³-hybridized carbons (Fsp3) is 0.143. The monoisotopic (exact) mass is 302 g/mol. The summed E-state index contributed by atoms with van der Waals surface area (Å²) >= 11 is 0. The van der Waals surface area contributed by atoms with Gasteiger partial charge in [0.05, 0.1) is 0 Å². The van der Waals surface area contributed by atoms with E-state index in [1.807, 2.05) is 54.6 Å². The molecule has 0 aromatic heterocycles. The first-order chi connectivity index (χ1) is 11.3. The van der Waals surface area contributed by atoms with Gasteiger partial charge >= 0.3 is 0 Å². The highest BCUT2D eigenvalue weighted by molar-refractivity contribution is 5.33. The zero-order chi connectivity index (χ0) is 16.1. The molecule has 3 rings (SSSR count). The average molecular weight is 302 g/mol. The highest BCUT2D eigenvalue weighted by Gasteiger charge is 2.28. The number of rotatable bonds is 5. The summed E-state index contributed by atoms with van der Waals surface area (Å²) in [4.78, 5) is 0. The van der Waals surface area contributed by atoms with Gasteiger partial charge < -0.3 is 11.5 Å². The molecule has 23 heavy (non-hydrogen) atoms. The number of hydrogen-bond acceptors (Lipinski definition) is 2. The molecule has 0 saturated carbocycles. The van der Waals surface area contributed by atoms with Gasteiger partial charge in [-0.1, -0.05) is 91.0 Å². The number of benzene rings is 3. The Labute approximate surface area is 137 Å². The Morgan fingerprint density at radius 3 is 1.09 bits per heavy atom. The Balaban J connectivity index is 2.01. The van der Waals surface area contributed by atoms with Crippen LogP contribution in [0.5, 0.6) is 0 Å².